The van der Waals surface area contributed by atoms with E-state index < -0.39 is 0 Å². The van der Waals surface area contributed by atoms with E-state index >= 15 is 0 Å². The highest BCUT2D eigenvalue weighted by atomic mass is 16.6. The molecule has 1 heterocycles. The Bertz CT molecular complexity index is 480. The zero-order valence-electron chi connectivity index (χ0n) is 14.0. The van der Waals surface area contributed by atoms with Crippen LogP contribution in [-0.4, -0.2) is 20.7 Å². The lowest BCUT2D eigenvalue weighted by Gasteiger charge is -2.15. The normalized spacial score (nSPS) is 13.0. The van der Waals surface area contributed by atoms with Crippen LogP contribution in [0.2, 0.25) is 0 Å². The largest absolute Gasteiger partial charge is 0.362 e. The average Bonchev–Trinajstić information content (AvgIpc) is 2.66. The molecule has 1 unspecified atom stereocenters. The van der Waals surface area contributed by atoms with Crippen molar-refractivity contribution in [3.05, 3.63) is 15.8 Å². The van der Waals surface area contributed by atoms with Crippen LogP contribution in [-0.2, 0) is 7.05 Å². The molecule has 6 heteroatoms. The summed E-state index contributed by atoms with van der Waals surface area (Å²) < 4.78 is 1.59. The Morgan fingerprint density at radius 3 is 2.33 bits per heavy atom. The number of nitro groups is 1. The van der Waals surface area contributed by atoms with E-state index in [1.807, 2.05) is 13.8 Å². The van der Waals surface area contributed by atoms with Gasteiger partial charge in [0.2, 0.25) is 5.82 Å². The number of aromatic nitrogens is 2. The first-order chi connectivity index (χ1) is 9.73. The summed E-state index contributed by atoms with van der Waals surface area (Å²) in [5, 5.41) is 18.9. The molecule has 0 spiro atoms. The molecule has 0 aliphatic carbocycles. The van der Waals surface area contributed by atoms with Gasteiger partial charge in [0.05, 0.1) is 4.92 Å². The molecule has 1 aromatic heterocycles. The average molecular weight is 296 g/mol. The van der Waals surface area contributed by atoms with Crippen molar-refractivity contribution in [2.45, 2.75) is 65.8 Å². The first kappa shape index (κ1) is 17.5. The highest BCUT2D eigenvalue weighted by Crippen LogP contribution is 2.33. The number of hydrogen-bond donors (Lipinski definition) is 1. The fraction of sp³-hybridized carbons (Fsp3) is 0.800. The standard InChI is InChI=1S/C15H28N4O2/c1-10(2)8-7-9-12(5)16-15-14(19(20)21)13(11(3)4)17-18(15)6/h10-12,16H,7-9H2,1-6H3. The van der Waals surface area contributed by atoms with Gasteiger partial charge >= 0.3 is 5.69 Å². The number of anilines is 1. The molecule has 0 radical (unpaired) electrons. The third-order valence-electron chi connectivity index (χ3n) is 3.58. The van der Waals surface area contributed by atoms with Gasteiger partial charge in [0, 0.05) is 19.0 Å². The van der Waals surface area contributed by atoms with E-state index in [9.17, 15) is 10.1 Å². The van der Waals surface area contributed by atoms with E-state index in [0.29, 0.717) is 17.4 Å². The first-order valence-electron chi connectivity index (χ1n) is 7.71. The Kier molecular flexibility index (Phi) is 6.18. The van der Waals surface area contributed by atoms with Gasteiger partial charge in [-0.2, -0.15) is 5.10 Å². The van der Waals surface area contributed by atoms with Crippen LogP contribution in [0.25, 0.3) is 0 Å². The number of nitrogens with one attached hydrogen (secondary N) is 1. The van der Waals surface area contributed by atoms with Gasteiger partial charge in [0.15, 0.2) is 0 Å². The zero-order valence-corrected chi connectivity index (χ0v) is 14.0. The summed E-state index contributed by atoms with van der Waals surface area (Å²) in [5.41, 5.74) is 0.655. The summed E-state index contributed by atoms with van der Waals surface area (Å²) in [6.07, 6.45) is 3.29. The van der Waals surface area contributed by atoms with Crippen LogP contribution in [0.5, 0.6) is 0 Å². The summed E-state index contributed by atoms with van der Waals surface area (Å²) in [5.74, 6) is 1.24. The molecule has 0 fully saturated rings. The van der Waals surface area contributed by atoms with Gasteiger partial charge in [-0.3, -0.25) is 10.1 Å². The third kappa shape index (κ3) is 4.72. The van der Waals surface area contributed by atoms with Gasteiger partial charge in [-0.15, -0.1) is 0 Å². The second-order valence-corrected chi connectivity index (χ2v) is 6.49. The molecule has 0 saturated heterocycles. The predicted octanol–water partition coefficient (Wildman–Crippen LogP) is 4.08. The predicted molar refractivity (Wildman–Crippen MR) is 85.7 cm³/mol. The van der Waals surface area contributed by atoms with Crippen LogP contribution < -0.4 is 5.32 Å². The Labute approximate surface area is 127 Å². The summed E-state index contributed by atoms with van der Waals surface area (Å²) in [6, 6.07) is 0.192. The highest BCUT2D eigenvalue weighted by molar-refractivity contribution is 5.61. The lowest BCUT2D eigenvalue weighted by atomic mass is 10.0. The van der Waals surface area contributed by atoms with E-state index in [4.69, 9.17) is 0 Å². The summed E-state index contributed by atoms with van der Waals surface area (Å²) in [6.45, 7) is 10.3. The van der Waals surface area contributed by atoms with Crippen LogP contribution in [0.3, 0.4) is 0 Å². The molecule has 0 bridgehead atoms. The second-order valence-electron chi connectivity index (χ2n) is 6.49. The molecule has 1 rings (SSSR count). The highest BCUT2D eigenvalue weighted by Gasteiger charge is 2.29. The van der Waals surface area contributed by atoms with Crippen molar-refractivity contribution in [2.75, 3.05) is 5.32 Å². The number of nitrogens with zero attached hydrogens (tertiary/aromatic N) is 3. The Morgan fingerprint density at radius 1 is 1.24 bits per heavy atom. The van der Waals surface area contributed by atoms with Crippen molar-refractivity contribution < 1.29 is 4.92 Å². The minimum Gasteiger partial charge on any atom is -0.362 e. The Balaban J connectivity index is 2.85. The molecule has 21 heavy (non-hydrogen) atoms. The lowest BCUT2D eigenvalue weighted by Crippen LogP contribution is -2.18. The maximum absolute atomic E-state index is 11.4. The molecule has 1 atom stereocenters. The lowest BCUT2D eigenvalue weighted by molar-refractivity contribution is -0.384. The molecular weight excluding hydrogens is 268 g/mol. The quantitative estimate of drug-likeness (QED) is 0.579. The van der Waals surface area contributed by atoms with Crippen LogP contribution >= 0.6 is 0 Å². The molecule has 1 N–H and O–H groups in total. The van der Waals surface area contributed by atoms with Crippen LogP contribution in [0.4, 0.5) is 11.5 Å². The van der Waals surface area contributed by atoms with Crippen LogP contribution in [0.1, 0.15) is 65.5 Å². The van der Waals surface area contributed by atoms with Crippen LogP contribution in [0.15, 0.2) is 0 Å². The number of aryl methyl sites for hydroxylation is 1. The SMILES string of the molecule is CC(C)CCCC(C)Nc1c([N+](=O)[O-])c(C(C)C)nn1C. The summed E-state index contributed by atoms with van der Waals surface area (Å²) >= 11 is 0. The number of rotatable bonds is 8. The van der Waals surface area contributed by atoms with E-state index in [0.717, 1.165) is 12.8 Å². The van der Waals surface area contributed by atoms with E-state index in [1.165, 1.54) is 6.42 Å². The van der Waals surface area contributed by atoms with Gasteiger partial charge in [-0.1, -0.05) is 40.5 Å². The van der Waals surface area contributed by atoms with Crippen molar-refractivity contribution in [2.24, 2.45) is 13.0 Å². The second kappa shape index (κ2) is 7.43. The summed E-state index contributed by atoms with van der Waals surface area (Å²) in [7, 11) is 1.75. The molecule has 0 saturated carbocycles. The van der Waals surface area contributed by atoms with Crippen molar-refractivity contribution >= 4 is 11.5 Å². The van der Waals surface area contributed by atoms with Gasteiger partial charge in [-0.25, -0.2) is 4.68 Å². The fourth-order valence-electron chi connectivity index (χ4n) is 2.40. The third-order valence-corrected chi connectivity index (χ3v) is 3.58. The topological polar surface area (TPSA) is 73.0 Å². The van der Waals surface area contributed by atoms with Crippen molar-refractivity contribution in [1.29, 1.82) is 0 Å². The molecule has 0 aliphatic heterocycles. The summed E-state index contributed by atoms with van der Waals surface area (Å²) in [4.78, 5) is 11.0. The zero-order chi connectivity index (χ0) is 16.2. The van der Waals surface area contributed by atoms with Crippen molar-refractivity contribution in [3.8, 4) is 0 Å². The van der Waals surface area contributed by atoms with Gasteiger partial charge in [0.25, 0.3) is 0 Å². The smallest absolute Gasteiger partial charge is 0.334 e. The van der Waals surface area contributed by atoms with Gasteiger partial charge < -0.3 is 5.32 Å². The minimum absolute atomic E-state index is 0.0309. The molecular formula is C15H28N4O2. The maximum atomic E-state index is 11.4. The maximum Gasteiger partial charge on any atom is 0.334 e. The molecule has 120 valence electrons. The van der Waals surface area contributed by atoms with Crippen LogP contribution in [0, 0.1) is 16.0 Å². The molecule has 0 aliphatic rings. The van der Waals surface area contributed by atoms with Gasteiger partial charge in [-0.05, 0) is 19.3 Å². The molecule has 0 amide bonds. The Morgan fingerprint density at radius 2 is 1.86 bits per heavy atom. The molecule has 6 nitrogen and oxygen atoms in total. The molecule has 0 aromatic carbocycles. The first-order valence-corrected chi connectivity index (χ1v) is 7.71. The van der Waals surface area contributed by atoms with E-state index in [2.05, 4.69) is 31.2 Å². The Hall–Kier alpha value is -1.59. The van der Waals surface area contributed by atoms with E-state index in [-0.39, 0.29) is 22.6 Å². The molecule has 1 aromatic rings. The minimum atomic E-state index is -0.328. The van der Waals surface area contributed by atoms with Gasteiger partial charge in [0.1, 0.15) is 5.69 Å². The van der Waals surface area contributed by atoms with Crippen molar-refractivity contribution in [1.82, 2.24) is 9.78 Å². The van der Waals surface area contributed by atoms with Crippen molar-refractivity contribution in [3.63, 3.8) is 0 Å². The van der Waals surface area contributed by atoms with E-state index in [1.54, 1.807) is 11.7 Å². The monoisotopic (exact) mass is 296 g/mol. The fourth-order valence-corrected chi connectivity index (χ4v) is 2.40. The number of hydrogen-bond acceptors (Lipinski definition) is 4.